The van der Waals surface area contributed by atoms with Crippen molar-refractivity contribution in [1.82, 2.24) is 14.1 Å². The standard InChI is InChI=1S/C29H35F2N5O6S/c1-29(2,3)42-28(38)36-26-19(16-32-36)13-18(27(30)31)14-24(26)43(39)34(4)17-25(37)33-20-5-6-22-23(15-20)41-12-9-35(22)21-7-10-40-11-8-21/h5-6,13-16,21,27H,7-12,17H2,1-4H3,(H,33,37). The number of fused-ring (bicyclic) bond motifs is 2. The molecule has 1 aromatic heterocycles. The van der Waals surface area contributed by atoms with Gasteiger partial charge >= 0.3 is 6.09 Å². The number of aromatic nitrogens is 2. The highest BCUT2D eigenvalue weighted by atomic mass is 32.2. The highest BCUT2D eigenvalue weighted by Gasteiger charge is 2.29. The van der Waals surface area contributed by atoms with Gasteiger partial charge in [-0.1, -0.05) is 0 Å². The highest BCUT2D eigenvalue weighted by molar-refractivity contribution is 7.83. The summed E-state index contributed by atoms with van der Waals surface area (Å²) in [6.07, 6.45) is -0.595. The number of nitrogens with one attached hydrogen (secondary N) is 1. The summed E-state index contributed by atoms with van der Waals surface area (Å²) in [5.74, 6) is 0.184. The third kappa shape index (κ3) is 6.97. The van der Waals surface area contributed by atoms with Crippen molar-refractivity contribution in [2.45, 2.75) is 56.6 Å². The van der Waals surface area contributed by atoms with Crippen LogP contribution >= 0.6 is 0 Å². The summed E-state index contributed by atoms with van der Waals surface area (Å²) in [6, 6.07) is 8.05. The zero-order valence-electron chi connectivity index (χ0n) is 24.5. The number of anilines is 2. The van der Waals surface area contributed by atoms with E-state index in [4.69, 9.17) is 14.2 Å². The van der Waals surface area contributed by atoms with Crippen molar-refractivity contribution in [3.8, 4) is 5.75 Å². The Labute approximate surface area is 250 Å². The third-order valence-corrected chi connectivity index (χ3v) is 8.46. The normalized spacial score (nSPS) is 16.7. The number of ether oxygens (including phenoxy) is 3. The molecule has 1 amide bonds. The van der Waals surface area contributed by atoms with Crippen LogP contribution in [0.4, 0.5) is 25.0 Å². The highest BCUT2D eigenvalue weighted by Crippen LogP contribution is 2.37. The number of likely N-dealkylation sites (N-methyl/N-ethyl adjacent to an activating group) is 1. The number of benzene rings is 2. The summed E-state index contributed by atoms with van der Waals surface area (Å²) >= 11 is 0. The molecule has 5 rings (SSSR count). The first-order chi connectivity index (χ1) is 20.4. The lowest BCUT2D eigenvalue weighted by Gasteiger charge is -2.39. The number of carbonyl (C=O) groups excluding carboxylic acids is 2. The quantitative estimate of drug-likeness (QED) is 0.404. The number of hydrogen-bond donors (Lipinski definition) is 1. The molecular weight excluding hydrogens is 584 g/mol. The molecule has 2 aliphatic rings. The molecule has 0 aliphatic carbocycles. The van der Waals surface area contributed by atoms with E-state index in [2.05, 4.69) is 15.3 Å². The van der Waals surface area contributed by atoms with Gasteiger partial charge in [0.05, 0.1) is 35.4 Å². The van der Waals surface area contributed by atoms with E-state index in [9.17, 15) is 22.6 Å². The van der Waals surface area contributed by atoms with E-state index in [1.54, 1.807) is 32.9 Å². The maximum absolute atomic E-state index is 13.7. The average molecular weight is 620 g/mol. The molecule has 14 heteroatoms. The van der Waals surface area contributed by atoms with Crippen molar-refractivity contribution in [1.29, 1.82) is 0 Å². The Morgan fingerprint density at radius 1 is 1.19 bits per heavy atom. The van der Waals surface area contributed by atoms with Crippen LogP contribution in [0.2, 0.25) is 0 Å². The zero-order chi connectivity index (χ0) is 30.9. The van der Waals surface area contributed by atoms with Crippen LogP contribution in [0.25, 0.3) is 10.9 Å². The first-order valence-corrected chi connectivity index (χ1v) is 15.1. The van der Waals surface area contributed by atoms with Crippen molar-refractivity contribution in [3.05, 3.63) is 42.1 Å². The van der Waals surface area contributed by atoms with Gasteiger partial charge < -0.3 is 24.4 Å². The minimum absolute atomic E-state index is 0.0603. The van der Waals surface area contributed by atoms with Gasteiger partial charge in [-0.2, -0.15) is 9.78 Å². The molecule has 0 radical (unpaired) electrons. The van der Waals surface area contributed by atoms with Crippen molar-refractivity contribution in [2.75, 3.05) is 50.2 Å². The van der Waals surface area contributed by atoms with Gasteiger partial charge in [-0.25, -0.2) is 22.1 Å². The first kappa shape index (κ1) is 30.8. The summed E-state index contributed by atoms with van der Waals surface area (Å²) in [7, 11) is -0.694. The zero-order valence-corrected chi connectivity index (χ0v) is 25.3. The Hall–Kier alpha value is -3.62. The van der Waals surface area contributed by atoms with Gasteiger partial charge in [0.2, 0.25) is 5.91 Å². The summed E-state index contributed by atoms with van der Waals surface area (Å²) < 4.78 is 59.9. The van der Waals surface area contributed by atoms with E-state index in [-0.39, 0.29) is 27.9 Å². The number of halogens is 2. The molecule has 2 aromatic carbocycles. The van der Waals surface area contributed by atoms with Crippen LogP contribution in [0.3, 0.4) is 0 Å². The van der Waals surface area contributed by atoms with Gasteiger partial charge in [0.1, 0.15) is 28.9 Å². The molecular formula is C29H35F2N5O6S. The van der Waals surface area contributed by atoms with Gasteiger partial charge in [-0.3, -0.25) is 4.79 Å². The molecule has 2 aliphatic heterocycles. The third-order valence-electron chi connectivity index (χ3n) is 7.08. The van der Waals surface area contributed by atoms with Crippen molar-refractivity contribution in [3.63, 3.8) is 0 Å². The second kappa shape index (κ2) is 12.5. The molecule has 1 N–H and O–H groups in total. The van der Waals surface area contributed by atoms with Crippen molar-refractivity contribution >= 4 is 45.3 Å². The first-order valence-electron chi connectivity index (χ1n) is 14.0. The lowest BCUT2D eigenvalue weighted by atomic mass is 10.0. The predicted molar refractivity (Wildman–Crippen MR) is 157 cm³/mol. The Morgan fingerprint density at radius 2 is 1.93 bits per heavy atom. The number of alkyl halides is 2. The molecule has 3 aromatic rings. The van der Waals surface area contributed by atoms with Crippen molar-refractivity contribution in [2.24, 2.45) is 0 Å². The smallest absolute Gasteiger partial charge is 0.435 e. The molecule has 0 spiro atoms. The van der Waals surface area contributed by atoms with Crippen LogP contribution in [-0.2, 0) is 25.3 Å². The van der Waals surface area contributed by atoms with Crippen LogP contribution in [-0.4, -0.2) is 81.9 Å². The molecule has 1 unspecified atom stereocenters. The second-order valence-electron chi connectivity index (χ2n) is 11.4. The molecule has 43 heavy (non-hydrogen) atoms. The van der Waals surface area contributed by atoms with E-state index in [0.717, 1.165) is 49.0 Å². The van der Waals surface area contributed by atoms with Crippen LogP contribution in [0.15, 0.2) is 41.4 Å². The molecule has 0 saturated carbocycles. The summed E-state index contributed by atoms with van der Waals surface area (Å²) in [4.78, 5) is 28.0. The molecule has 11 nitrogen and oxygen atoms in total. The van der Waals surface area contributed by atoms with E-state index in [0.29, 0.717) is 24.1 Å². The van der Waals surface area contributed by atoms with Gasteiger partial charge in [-0.05, 0) is 57.9 Å². The fraction of sp³-hybridized carbons (Fsp3) is 0.483. The minimum Gasteiger partial charge on any atom is -0.489 e. The Morgan fingerprint density at radius 3 is 2.63 bits per heavy atom. The number of amides is 1. The fourth-order valence-electron chi connectivity index (χ4n) is 5.18. The average Bonchev–Trinajstić information content (AvgIpc) is 3.40. The van der Waals surface area contributed by atoms with Crippen LogP contribution in [0, 0.1) is 0 Å². The molecule has 232 valence electrons. The number of carbonyl (C=O) groups is 2. The summed E-state index contributed by atoms with van der Waals surface area (Å²) in [5, 5.41) is 7.00. The van der Waals surface area contributed by atoms with Crippen LogP contribution in [0.5, 0.6) is 5.75 Å². The number of hydrogen-bond acceptors (Lipinski definition) is 8. The molecule has 1 fully saturated rings. The SMILES string of the molecule is CN(CC(=O)Nc1ccc2c(c1)OCCN2C1CCOCC1)S(=O)c1cc(C(F)F)cc2cnn(C(=O)OC(C)(C)C)c12. The Bertz CT molecular complexity index is 1540. The molecule has 1 saturated heterocycles. The molecule has 1 atom stereocenters. The molecule has 0 bridgehead atoms. The van der Waals surface area contributed by atoms with Gasteiger partial charge in [0.25, 0.3) is 6.43 Å². The van der Waals surface area contributed by atoms with Gasteiger partial charge in [-0.15, -0.1) is 0 Å². The van der Waals surface area contributed by atoms with E-state index < -0.39 is 35.0 Å². The second-order valence-corrected chi connectivity index (χ2v) is 13.0. The van der Waals surface area contributed by atoms with Gasteiger partial charge in [0.15, 0.2) is 0 Å². The van der Waals surface area contributed by atoms with Gasteiger partial charge in [0, 0.05) is 49.0 Å². The van der Waals surface area contributed by atoms with E-state index in [1.165, 1.54) is 23.6 Å². The van der Waals surface area contributed by atoms with Crippen LogP contribution in [0.1, 0.15) is 45.6 Å². The molecule has 3 heterocycles. The number of rotatable bonds is 7. The van der Waals surface area contributed by atoms with Crippen molar-refractivity contribution < 1.29 is 36.8 Å². The maximum atomic E-state index is 13.7. The number of nitrogens with zero attached hydrogens (tertiary/aromatic N) is 4. The summed E-state index contributed by atoms with van der Waals surface area (Å²) in [5.41, 5.74) is 0.282. The fourth-order valence-corrected chi connectivity index (χ4v) is 6.36. The Kier molecular flexibility index (Phi) is 8.99. The van der Waals surface area contributed by atoms with E-state index >= 15 is 0 Å². The predicted octanol–water partition coefficient (Wildman–Crippen LogP) is 4.73. The van der Waals surface area contributed by atoms with Crippen LogP contribution < -0.4 is 15.0 Å². The lowest BCUT2D eigenvalue weighted by Crippen LogP contribution is -2.44. The topological polar surface area (TPSA) is 115 Å². The lowest BCUT2D eigenvalue weighted by molar-refractivity contribution is -0.116. The summed E-state index contributed by atoms with van der Waals surface area (Å²) in [6.45, 7) is 7.43. The largest absolute Gasteiger partial charge is 0.489 e. The maximum Gasteiger partial charge on any atom is 0.435 e. The monoisotopic (exact) mass is 619 g/mol. The minimum atomic E-state index is -2.85. The Balaban J connectivity index is 1.33. The van der Waals surface area contributed by atoms with E-state index in [1.807, 2.05) is 6.07 Å².